The van der Waals surface area contributed by atoms with E-state index in [1.54, 1.807) is 7.11 Å². The molecule has 0 heterocycles. The summed E-state index contributed by atoms with van der Waals surface area (Å²) in [4.78, 5) is 2.57. The number of nitrogens with one attached hydrogen (secondary N) is 1. The van der Waals surface area contributed by atoms with Gasteiger partial charge in [-0.25, -0.2) is 0 Å². The van der Waals surface area contributed by atoms with Crippen molar-refractivity contribution in [3.8, 4) is 0 Å². The van der Waals surface area contributed by atoms with Gasteiger partial charge in [-0.3, -0.25) is 4.90 Å². The Bertz CT molecular complexity index is 178. The van der Waals surface area contributed by atoms with E-state index in [0.29, 0.717) is 0 Å². The zero-order valence-electron chi connectivity index (χ0n) is 9.87. The monoisotopic (exact) mass is 212 g/mol. The first kappa shape index (κ1) is 11.4. The van der Waals surface area contributed by atoms with Crippen LogP contribution in [0, 0.1) is 5.92 Å². The molecule has 3 heteroatoms. The minimum atomic E-state index is 0.864. The van der Waals surface area contributed by atoms with Gasteiger partial charge in [0, 0.05) is 32.8 Å². The average Bonchev–Trinajstić information content (AvgIpc) is 3.09. The van der Waals surface area contributed by atoms with Crippen LogP contribution in [-0.4, -0.2) is 50.8 Å². The maximum atomic E-state index is 5.14. The first-order chi connectivity index (χ1) is 7.40. The molecule has 3 nitrogen and oxygen atoms in total. The molecule has 2 saturated carbocycles. The van der Waals surface area contributed by atoms with Crippen molar-refractivity contribution in [2.24, 2.45) is 5.92 Å². The Morgan fingerprint density at radius 2 is 2.00 bits per heavy atom. The predicted octanol–water partition coefficient (Wildman–Crippen LogP) is 1.10. The van der Waals surface area contributed by atoms with Gasteiger partial charge in [0.2, 0.25) is 0 Å². The van der Waals surface area contributed by atoms with Crippen LogP contribution in [0.3, 0.4) is 0 Å². The third-order valence-corrected chi connectivity index (χ3v) is 3.35. The Kier molecular flexibility index (Phi) is 4.42. The molecular formula is C12H24N2O. The number of nitrogens with zero attached hydrogens (tertiary/aromatic N) is 1. The first-order valence-corrected chi connectivity index (χ1v) is 6.34. The zero-order chi connectivity index (χ0) is 10.5. The molecule has 15 heavy (non-hydrogen) atoms. The van der Waals surface area contributed by atoms with Gasteiger partial charge in [0.25, 0.3) is 0 Å². The Morgan fingerprint density at radius 3 is 2.60 bits per heavy atom. The second-order valence-corrected chi connectivity index (χ2v) is 4.91. The molecule has 2 rings (SSSR count). The van der Waals surface area contributed by atoms with Gasteiger partial charge in [0.1, 0.15) is 0 Å². The molecule has 0 aromatic carbocycles. The van der Waals surface area contributed by atoms with Crippen LogP contribution in [0.1, 0.15) is 25.7 Å². The van der Waals surface area contributed by atoms with E-state index < -0.39 is 0 Å². The van der Waals surface area contributed by atoms with Crippen molar-refractivity contribution in [1.82, 2.24) is 10.2 Å². The summed E-state index contributed by atoms with van der Waals surface area (Å²) in [5.74, 6) is 0.998. The van der Waals surface area contributed by atoms with Crippen LogP contribution < -0.4 is 5.32 Å². The van der Waals surface area contributed by atoms with Crippen LogP contribution in [0.2, 0.25) is 0 Å². The second kappa shape index (κ2) is 5.83. The van der Waals surface area contributed by atoms with E-state index in [2.05, 4.69) is 10.2 Å². The molecule has 0 saturated heterocycles. The summed E-state index contributed by atoms with van der Waals surface area (Å²) in [6.07, 6.45) is 5.69. The van der Waals surface area contributed by atoms with Crippen molar-refractivity contribution >= 4 is 0 Å². The van der Waals surface area contributed by atoms with Gasteiger partial charge in [0.05, 0.1) is 6.61 Å². The lowest BCUT2D eigenvalue weighted by molar-refractivity contribution is 0.144. The molecule has 0 radical (unpaired) electrons. The van der Waals surface area contributed by atoms with Gasteiger partial charge < -0.3 is 10.1 Å². The molecule has 2 aliphatic rings. The summed E-state index contributed by atoms with van der Waals surface area (Å²) in [6, 6.07) is 0.864. The maximum absolute atomic E-state index is 5.14. The van der Waals surface area contributed by atoms with Crippen LogP contribution in [-0.2, 0) is 4.74 Å². The Morgan fingerprint density at radius 1 is 1.20 bits per heavy atom. The van der Waals surface area contributed by atoms with Crippen LogP contribution in [0.4, 0.5) is 0 Å². The highest BCUT2D eigenvalue weighted by molar-refractivity contribution is 4.85. The summed E-state index contributed by atoms with van der Waals surface area (Å²) < 4.78 is 5.14. The Labute approximate surface area is 93.2 Å². The minimum Gasteiger partial charge on any atom is -0.383 e. The third-order valence-electron chi connectivity index (χ3n) is 3.35. The first-order valence-electron chi connectivity index (χ1n) is 6.34. The summed E-state index contributed by atoms with van der Waals surface area (Å²) >= 11 is 0. The van der Waals surface area contributed by atoms with E-state index in [0.717, 1.165) is 31.7 Å². The molecule has 2 aliphatic carbocycles. The minimum absolute atomic E-state index is 0.864. The summed E-state index contributed by atoms with van der Waals surface area (Å²) in [6.45, 7) is 5.56. The zero-order valence-corrected chi connectivity index (χ0v) is 9.87. The predicted molar refractivity (Wildman–Crippen MR) is 62.1 cm³/mol. The van der Waals surface area contributed by atoms with E-state index in [4.69, 9.17) is 4.74 Å². The van der Waals surface area contributed by atoms with Crippen molar-refractivity contribution in [2.75, 3.05) is 39.9 Å². The maximum Gasteiger partial charge on any atom is 0.0589 e. The van der Waals surface area contributed by atoms with Crippen molar-refractivity contribution < 1.29 is 4.74 Å². The Balaban J connectivity index is 1.51. The van der Waals surface area contributed by atoms with Crippen LogP contribution >= 0.6 is 0 Å². The normalized spacial score (nSPS) is 21.2. The van der Waals surface area contributed by atoms with Crippen LogP contribution in [0.25, 0.3) is 0 Å². The van der Waals surface area contributed by atoms with E-state index in [9.17, 15) is 0 Å². The molecule has 0 aromatic heterocycles. The van der Waals surface area contributed by atoms with E-state index >= 15 is 0 Å². The van der Waals surface area contributed by atoms with Crippen molar-refractivity contribution in [2.45, 2.75) is 31.7 Å². The van der Waals surface area contributed by atoms with Gasteiger partial charge in [-0.2, -0.15) is 0 Å². The molecule has 0 aliphatic heterocycles. The van der Waals surface area contributed by atoms with Gasteiger partial charge in [-0.15, -0.1) is 0 Å². The molecule has 2 fully saturated rings. The lowest BCUT2D eigenvalue weighted by Crippen LogP contribution is -2.36. The van der Waals surface area contributed by atoms with E-state index in [1.807, 2.05) is 0 Å². The molecule has 0 aromatic rings. The second-order valence-electron chi connectivity index (χ2n) is 4.91. The van der Waals surface area contributed by atoms with Gasteiger partial charge in [-0.1, -0.05) is 0 Å². The highest BCUT2D eigenvalue weighted by atomic mass is 16.5. The van der Waals surface area contributed by atoms with Gasteiger partial charge in [-0.05, 0) is 38.1 Å². The molecular weight excluding hydrogens is 188 g/mol. The molecule has 0 spiro atoms. The highest BCUT2D eigenvalue weighted by Gasteiger charge is 2.28. The fourth-order valence-electron chi connectivity index (χ4n) is 1.98. The number of hydrogen-bond acceptors (Lipinski definition) is 3. The molecule has 0 atom stereocenters. The van der Waals surface area contributed by atoms with Crippen molar-refractivity contribution in [3.05, 3.63) is 0 Å². The highest BCUT2D eigenvalue weighted by Crippen LogP contribution is 2.28. The average molecular weight is 212 g/mol. The Hall–Kier alpha value is -0.120. The molecule has 0 bridgehead atoms. The third kappa shape index (κ3) is 4.49. The van der Waals surface area contributed by atoms with Crippen molar-refractivity contribution in [3.63, 3.8) is 0 Å². The topological polar surface area (TPSA) is 24.5 Å². The number of hydrogen-bond donors (Lipinski definition) is 1. The fraction of sp³-hybridized carbons (Fsp3) is 1.00. The lowest BCUT2D eigenvalue weighted by atomic mass is 10.4. The van der Waals surface area contributed by atoms with Gasteiger partial charge >= 0.3 is 0 Å². The number of methoxy groups -OCH3 is 1. The van der Waals surface area contributed by atoms with Gasteiger partial charge in [0.15, 0.2) is 0 Å². The van der Waals surface area contributed by atoms with Crippen molar-refractivity contribution in [1.29, 1.82) is 0 Å². The molecule has 0 unspecified atom stereocenters. The van der Waals surface area contributed by atoms with E-state index in [-0.39, 0.29) is 0 Å². The lowest BCUT2D eigenvalue weighted by Gasteiger charge is -2.21. The number of ether oxygens (including phenoxy) is 1. The van der Waals surface area contributed by atoms with Crippen LogP contribution in [0.5, 0.6) is 0 Å². The number of rotatable bonds is 9. The summed E-state index contributed by atoms with van der Waals surface area (Å²) in [7, 11) is 1.79. The molecule has 0 amide bonds. The van der Waals surface area contributed by atoms with Crippen LogP contribution in [0.15, 0.2) is 0 Å². The summed E-state index contributed by atoms with van der Waals surface area (Å²) in [5.41, 5.74) is 0. The molecule has 1 N–H and O–H groups in total. The summed E-state index contributed by atoms with van der Waals surface area (Å²) in [5, 5.41) is 3.55. The largest absolute Gasteiger partial charge is 0.383 e. The SMILES string of the molecule is COCCN(CCNCC1CC1)C1CC1. The smallest absolute Gasteiger partial charge is 0.0589 e. The van der Waals surface area contributed by atoms with E-state index in [1.165, 1.54) is 38.8 Å². The fourth-order valence-corrected chi connectivity index (χ4v) is 1.98. The molecule has 88 valence electrons. The quantitative estimate of drug-likeness (QED) is 0.579. The standard InChI is InChI=1S/C12H24N2O/c1-15-9-8-14(12-4-5-12)7-6-13-10-11-2-3-11/h11-13H,2-10H2,1H3.